The highest BCUT2D eigenvalue weighted by Gasteiger charge is 2.31. The van der Waals surface area contributed by atoms with Gasteiger partial charge < -0.3 is 9.47 Å². The quantitative estimate of drug-likeness (QED) is 0.104. The number of hydrogen-bond donors (Lipinski definition) is 0. The van der Waals surface area contributed by atoms with Crippen LogP contribution in [0.15, 0.2) is 168 Å². The van der Waals surface area contributed by atoms with Crippen LogP contribution in [0.1, 0.15) is 28.2 Å². The molecule has 0 unspecified atom stereocenters. The summed E-state index contributed by atoms with van der Waals surface area (Å²) in [5.41, 5.74) is 5.08. The van der Waals surface area contributed by atoms with Crippen LogP contribution >= 0.6 is 17.9 Å². The zero-order valence-corrected chi connectivity index (χ0v) is 28.7. The Bertz CT molecular complexity index is 1890. The lowest BCUT2D eigenvalue weighted by Gasteiger charge is -2.39. The molecule has 0 aliphatic rings. The highest BCUT2D eigenvalue weighted by Crippen LogP contribution is 2.61. The Morgan fingerprint density at radius 2 is 1.00 bits per heavy atom. The lowest BCUT2D eigenvalue weighted by atomic mass is 9.84. The molecule has 0 heterocycles. The summed E-state index contributed by atoms with van der Waals surface area (Å²) >= 11 is 0. The van der Waals surface area contributed by atoms with Crippen LogP contribution in [0.2, 0.25) is 0 Å². The van der Waals surface area contributed by atoms with Crippen molar-refractivity contribution in [1.82, 2.24) is 0 Å². The number of para-hydroxylation sites is 2. The first-order valence-corrected chi connectivity index (χ1v) is 19.5. The molecular weight excluding hydrogens is 600 g/mol. The summed E-state index contributed by atoms with van der Waals surface area (Å²) in [7, 11) is 1.27. The molecule has 0 spiro atoms. The van der Waals surface area contributed by atoms with Crippen molar-refractivity contribution >= 4 is 28.6 Å². The first kappa shape index (κ1) is 31.7. The highest BCUT2D eigenvalue weighted by atomic mass is 32.3. The van der Waals surface area contributed by atoms with Gasteiger partial charge in [-0.25, -0.2) is 0 Å². The van der Waals surface area contributed by atoms with Crippen LogP contribution in [-0.2, 0) is 6.16 Å². The number of benzene rings is 6. The number of rotatable bonds is 11. The van der Waals surface area contributed by atoms with E-state index in [-0.39, 0.29) is 5.92 Å². The lowest BCUT2D eigenvalue weighted by molar-refractivity contribution is 0.409. The van der Waals surface area contributed by atoms with Gasteiger partial charge in [0.15, 0.2) is 0 Å². The van der Waals surface area contributed by atoms with Crippen LogP contribution in [-0.4, -0.2) is 26.7 Å². The van der Waals surface area contributed by atoms with Gasteiger partial charge in [0.25, 0.3) is 0 Å². The van der Waals surface area contributed by atoms with E-state index in [0.717, 1.165) is 17.7 Å². The summed E-state index contributed by atoms with van der Waals surface area (Å²) in [6.45, 7) is 0. The molecule has 0 saturated heterocycles. The molecule has 6 aromatic rings. The molecule has 0 aliphatic carbocycles. The van der Waals surface area contributed by atoms with Crippen molar-refractivity contribution in [3.05, 3.63) is 180 Å². The third kappa shape index (κ3) is 6.49. The van der Waals surface area contributed by atoms with Crippen molar-refractivity contribution in [2.45, 2.75) is 21.9 Å². The zero-order valence-electron chi connectivity index (χ0n) is 27.0. The molecular formula is C42H41O2PS. The van der Waals surface area contributed by atoms with E-state index in [1.807, 2.05) is 0 Å². The Kier molecular flexibility index (Phi) is 9.93. The van der Waals surface area contributed by atoms with E-state index in [1.165, 1.54) is 42.7 Å². The Labute approximate surface area is 277 Å². The average Bonchev–Trinajstić information content (AvgIpc) is 3.12. The van der Waals surface area contributed by atoms with Gasteiger partial charge in [-0.2, -0.15) is 10.0 Å². The number of ether oxygens (including phenoxy) is 2. The molecule has 0 bridgehead atoms. The molecule has 0 fully saturated rings. The fourth-order valence-electron chi connectivity index (χ4n) is 6.41. The molecule has 0 N–H and O–H groups in total. The topological polar surface area (TPSA) is 18.5 Å². The number of hydrogen-bond acceptors (Lipinski definition) is 2. The Hall–Kier alpha value is -4.30. The monoisotopic (exact) mass is 640 g/mol. The molecule has 0 amide bonds. The van der Waals surface area contributed by atoms with E-state index in [1.54, 1.807) is 14.2 Å². The second kappa shape index (κ2) is 14.4. The largest absolute Gasteiger partial charge is 0.496 e. The van der Waals surface area contributed by atoms with Crippen LogP contribution < -0.4 is 20.1 Å². The van der Waals surface area contributed by atoms with Gasteiger partial charge in [-0.15, -0.1) is 0 Å². The van der Waals surface area contributed by atoms with E-state index in [2.05, 4.69) is 170 Å². The van der Waals surface area contributed by atoms with Crippen molar-refractivity contribution in [3.63, 3.8) is 0 Å². The molecule has 46 heavy (non-hydrogen) atoms. The summed E-state index contributed by atoms with van der Waals surface area (Å²) in [6.07, 6.45) is 5.87. The third-order valence-electron chi connectivity index (χ3n) is 8.63. The summed E-state index contributed by atoms with van der Waals surface area (Å²) in [6, 6.07) is 57.0. The molecule has 232 valence electrons. The van der Waals surface area contributed by atoms with Crippen LogP contribution in [0.25, 0.3) is 0 Å². The predicted octanol–water partition coefficient (Wildman–Crippen LogP) is 10.00. The van der Waals surface area contributed by atoms with E-state index < -0.39 is 17.9 Å². The lowest BCUT2D eigenvalue weighted by Crippen LogP contribution is -2.20. The van der Waals surface area contributed by atoms with E-state index in [0.29, 0.717) is 0 Å². The molecule has 0 radical (unpaired) electrons. The minimum atomic E-state index is -1.51. The van der Waals surface area contributed by atoms with Crippen LogP contribution in [0, 0.1) is 0 Å². The molecule has 2 nitrogen and oxygen atoms in total. The fraction of sp³-hybridized carbons (Fsp3) is 0.143. The minimum Gasteiger partial charge on any atom is -0.496 e. The van der Waals surface area contributed by atoms with Crippen LogP contribution in [0.3, 0.4) is 0 Å². The maximum atomic E-state index is 5.98. The second-order valence-electron chi connectivity index (χ2n) is 11.7. The molecule has 2 atom stereocenters. The first-order chi connectivity index (χ1) is 22.5. The SMILES string of the molecule is COc1ccccc1[C@@H](c1ccccc1)c1ccccc1S(C)(C)c1ccccc1[P@](Cc1ccccc1)c1ccccc1OC. The molecule has 0 aromatic heterocycles. The minimum absolute atomic E-state index is 0.0209. The fourth-order valence-corrected chi connectivity index (χ4v) is 12.3. The average molecular weight is 641 g/mol. The standard InChI is InChI=1S/C42H41O2PS/c1-43-36-25-13-11-23-34(36)42(33-21-9-6-10-22-33)35-24-12-17-29-40(35)46(3,4)41-30-18-16-28-39(41)45(31-32-19-7-5-8-20-32)38-27-15-14-26-37(38)44-2/h5-30,42H,31H2,1-4H3/t42-,45-/m1/s1. The second-order valence-corrected chi connectivity index (χ2v) is 17.3. The van der Waals surface area contributed by atoms with Crippen molar-refractivity contribution in [2.75, 3.05) is 26.7 Å². The van der Waals surface area contributed by atoms with Crippen LogP contribution in [0.4, 0.5) is 0 Å². The summed E-state index contributed by atoms with van der Waals surface area (Å²) in [5, 5.41) is 2.69. The highest BCUT2D eigenvalue weighted by molar-refractivity contribution is 8.33. The van der Waals surface area contributed by atoms with Crippen LogP contribution in [0.5, 0.6) is 11.5 Å². The molecule has 0 aliphatic heterocycles. The van der Waals surface area contributed by atoms with Gasteiger partial charge in [0.2, 0.25) is 0 Å². The summed E-state index contributed by atoms with van der Waals surface area (Å²) in [4.78, 5) is 2.80. The van der Waals surface area contributed by atoms with Gasteiger partial charge in [-0.3, -0.25) is 0 Å². The van der Waals surface area contributed by atoms with Gasteiger partial charge in [-0.05, 0) is 71.6 Å². The summed E-state index contributed by atoms with van der Waals surface area (Å²) < 4.78 is 11.9. The van der Waals surface area contributed by atoms with Crippen molar-refractivity contribution in [2.24, 2.45) is 0 Å². The first-order valence-electron chi connectivity index (χ1n) is 15.6. The Morgan fingerprint density at radius 3 is 1.67 bits per heavy atom. The molecule has 6 aromatic carbocycles. The molecule has 4 heteroatoms. The molecule has 0 saturated carbocycles. The van der Waals surface area contributed by atoms with E-state index >= 15 is 0 Å². The van der Waals surface area contributed by atoms with Gasteiger partial charge in [0.1, 0.15) is 11.5 Å². The Balaban J connectivity index is 1.55. The normalized spacial score (nSPS) is 13.0. The van der Waals surface area contributed by atoms with Crippen molar-refractivity contribution in [3.8, 4) is 11.5 Å². The van der Waals surface area contributed by atoms with Gasteiger partial charge in [0, 0.05) is 27.8 Å². The van der Waals surface area contributed by atoms with Crippen molar-refractivity contribution in [1.29, 1.82) is 0 Å². The zero-order chi connectivity index (χ0) is 31.9. The van der Waals surface area contributed by atoms with Gasteiger partial charge in [-0.1, -0.05) is 133 Å². The summed E-state index contributed by atoms with van der Waals surface area (Å²) in [5.74, 6) is 1.88. The maximum absolute atomic E-state index is 5.98. The van der Waals surface area contributed by atoms with E-state index in [4.69, 9.17) is 9.47 Å². The Morgan fingerprint density at radius 1 is 0.500 bits per heavy atom. The van der Waals surface area contributed by atoms with Crippen molar-refractivity contribution < 1.29 is 9.47 Å². The molecule has 6 rings (SSSR count). The number of methoxy groups -OCH3 is 2. The van der Waals surface area contributed by atoms with Gasteiger partial charge >= 0.3 is 0 Å². The predicted molar refractivity (Wildman–Crippen MR) is 199 cm³/mol. The third-order valence-corrected chi connectivity index (χ3v) is 14.3. The van der Waals surface area contributed by atoms with E-state index in [9.17, 15) is 0 Å². The maximum Gasteiger partial charge on any atom is 0.126 e. The van der Waals surface area contributed by atoms with Gasteiger partial charge in [0.05, 0.1) is 14.2 Å². The smallest absolute Gasteiger partial charge is 0.126 e.